The molecular weight excluding hydrogens is 244 g/mol. The van der Waals surface area contributed by atoms with Crippen molar-refractivity contribution < 1.29 is 14.7 Å². The van der Waals surface area contributed by atoms with Crippen molar-refractivity contribution in [1.29, 1.82) is 0 Å². The van der Waals surface area contributed by atoms with Gasteiger partial charge in [0.1, 0.15) is 0 Å². The quantitative estimate of drug-likeness (QED) is 0.703. The molecule has 0 aromatic rings. The lowest BCUT2D eigenvalue weighted by molar-refractivity contribution is -0.137. The zero-order chi connectivity index (χ0) is 14.1. The second-order valence-electron chi connectivity index (χ2n) is 5.45. The van der Waals surface area contributed by atoms with Crippen molar-refractivity contribution in [3.63, 3.8) is 0 Å². The molecule has 1 amide bonds. The van der Waals surface area contributed by atoms with E-state index in [2.05, 4.69) is 5.32 Å². The maximum atomic E-state index is 11.8. The highest BCUT2D eigenvalue weighted by Gasteiger charge is 2.15. The summed E-state index contributed by atoms with van der Waals surface area (Å²) in [4.78, 5) is 24.2. The molecule has 1 aliphatic carbocycles. The van der Waals surface area contributed by atoms with Crippen LogP contribution in [0.2, 0.25) is 0 Å². The van der Waals surface area contributed by atoms with Crippen LogP contribution in [-0.2, 0) is 9.59 Å². The highest BCUT2D eigenvalue weighted by molar-refractivity contribution is 5.76. The number of carbonyl (C=O) groups excluding carboxylic acids is 1. The average Bonchev–Trinajstić information content (AvgIpc) is 2.37. The van der Waals surface area contributed by atoms with Crippen LogP contribution in [0.3, 0.4) is 0 Å². The van der Waals surface area contributed by atoms with Crippen molar-refractivity contribution in [3.8, 4) is 0 Å². The maximum Gasteiger partial charge on any atom is 0.303 e. The normalized spacial score (nSPS) is 16.5. The van der Waals surface area contributed by atoms with E-state index in [0.29, 0.717) is 25.4 Å². The Morgan fingerprint density at radius 1 is 1.16 bits per heavy atom. The monoisotopic (exact) mass is 270 g/mol. The van der Waals surface area contributed by atoms with Gasteiger partial charge in [0.15, 0.2) is 0 Å². The van der Waals surface area contributed by atoms with E-state index in [1.54, 1.807) is 0 Å². The second-order valence-corrected chi connectivity index (χ2v) is 5.45. The molecule has 5 heteroatoms. The summed E-state index contributed by atoms with van der Waals surface area (Å²) in [5.41, 5.74) is 0. The van der Waals surface area contributed by atoms with Crippen molar-refractivity contribution in [2.24, 2.45) is 0 Å². The number of nitrogens with one attached hydrogen (secondary N) is 1. The second kappa shape index (κ2) is 8.91. The fourth-order valence-electron chi connectivity index (χ4n) is 2.45. The molecule has 0 aromatic heterocycles. The Hall–Kier alpha value is -1.10. The first-order valence-electron chi connectivity index (χ1n) is 7.27. The SMILES string of the molecule is CN(CCCC(=O)O)CCC(=O)NC1CCCCC1. The predicted molar refractivity (Wildman–Crippen MR) is 74.0 cm³/mol. The summed E-state index contributed by atoms with van der Waals surface area (Å²) >= 11 is 0. The first-order chi connectivity index (χ1) is 9.08. The number of carboxylic acid groups (broad SMARTS) is 1. The molecule has 0 radical (unpaired) electrons. The van der Waals surface area contributed by atoms with Gasteiger partial charge >= 0.3 is 5.97 Å². The van der Waals surface area contributed by atoms with Gasteiger partial charge in [-0.2, -0.15) is 0 Å². The van der Waals surface area contributed by atoms with Crippen LogP contribution >= 0.6 is 0 Å². The summed E-state index contributed by atoms with van der Waals surface area (Å²) in [5.74, 6) is -0.638. The molecule has 1 saturated carbocycles. The summed E-state index contributed by atoms with van der Waals surface area (Å²) < 4.78 is 0. The van der Waals surface area contributed by atoms with Gasteiger partial charge in [0.2, 0.25) is 5.91 Å². The molecule has 5 nitrogen and oxygen atoms in total. The van der Waals surface area contributed by atoms with Crippen molar-refractivity contribution >= 4 is 11.9 Å². The Morgan fingerprint density at radius 3 is 2.47 bits per heavy atom. The molecule has 0 aromatic carbocycles. The van der Waals surface area contributed by atoms with Gasteiger partial charge in [-0.1, -0.05) is 19.3 Å². The molecule has 0 heterocycles. The molecular formula is C14H26N2O3. The Kier molecular flexibility index (Phi) is 7.48. The third-order valence-corrected chi connectivity index (χ3v) is 3.62. The van der Waals surface area contributed by atoms with E-state index in [-0.39, 0.29) is 12.3 Å². The largest absolute Gasteiger partial charge is 0.481 e. The fourth-order valence-corrected chi connectivity index (χ4v) is 2.45. The summed E-state index contributed by atoms with van der Waals surface area (Å²) in [7, 11) is 1.93. The number of amides is 1. The first-order valence-corrected chi connectivity index (χ1v) is 7.27. The fraction of sp³-hybridized carbons (Fsp3) is 0.857. The van der Waals surface area contributed by atoms with Gasteiger partial charge < -0.3 is 15.3 Å². The molecule has 1 fully saturated rings. The van der Waals surface area contributed by atoms with Gasteiger partial charge in [-0.15, -0.1) is 0 Å². The minimum Gasteiger partial charge on any atom is -0.481 e. The Balaban J connectivity index is 2.06. The third kappa shape index (κ3) is 7.82. The highest BCUT2D eigenvalue weighted by Crippen LogP contribution is 2.17. The molecule has 0 spiro atoms. The Bertz CT molecular complexity index is 288. The predicted octanol–water partition coefficient (Wildman–Crippen LogP) is 1.62. The van der Waals surface area contributed by atoms with Crippen molar-refractivity contribution in [1.82, 2.24) is 10.2 Å². The number of carboxylic acids is 1. The zero-order valence-corrected chi connectivity index (χ0v) is 11.9. The van der Waals surface area contributed by atoms with Gasteiger partial charge in [0.25, 0.3) is 0 Å². The van der Waals surface area contributed by atoms with Crippen LogP contribution in [0, 0.1) is 0 Å². The molecule has 0 aliphatic heterocycles. The van der Waals surface area contributed by atoms with Gasteiger partial charge in [-0.05, 0) is 32.9 Å². The number of hydrogen-bond acceptors (Lipinski definition) is 3. The van der Waals surface area contributed by atoms with E-state index in [1.165, 1.54) is 19.3 Å². The summed E-state index contributed by atoms with van der Waals surface area (Å²) in [6.45, 7) is 1.42. The lowest BCUT2D eigenvalue weighted by Crippen LogP contribution is -2.37. The van der Waals surface area contributed by atoms with Crippen LogP contribution in [0.1, 0.15) is 51.4 Å². The van der Waals surface area contributed by atoms with Crippen LogP contribution < -0.4 is 5.32 Å². The van der Waals surface area contributed by atoms with Crippen LogP contribution in [0.15, 0.2) is 0 Å². The molecule has 1 rings (SSSR count). The van der Waals surface area contributed by atoms with E-state index in [0.717, 1.165) is 19.4 Å². The van der Waals surface area contributed by atoms with E-state index < -0.39 is 5.97 Å². The van der Waals surface area contributed by atoms with Crippen LogP contribution in [0.25, 0.3) is 0 Å². The molecule has 0 atom stereocenters. The van der Waals surface area contributed by atoms with E-state index in [9.17, 15) is 9.59 Å². The minimum absolute atomic E-state index is 0.122. The van der Waals surface area contributed by atoms with Crippen LogP contribution in [0.5, 0.6) is 0 Å². The highest BCUT2D eigenvalue weighted by atomic mass is 16.4. The molecule has 110 valence electrons. The summed E-state index contributed by atoms with van der Waals surface area (Å²) in [6, 6.07) is 0.374. The van der Waals surface area contributed by atoms with Gasteiger partial charge in [-0.3, -0.25) is 9.59 Å². The molecule has 19 heavy (non-hydrogen) atoms. The smallest absolute Gasteiger partial charge is 0.303 e. The molecule has 0 bridgehead atoms. The maximum absolute atomic E-state index is 11.8. The van der Waals surface area contributed by atoms with Crippen molar-refractivity contribution in [3.05, 3.63) is 0 Å². The van der Waals surface area contributed by atoms with Gasteiger partial charge in [0, 0.05) is 25.4 Å². The Morgan fingerprint density at radius 2 is 1.84 bits per heavy atom. The number of carbonyl (C=O) groups is 2. The van der Waals surface area contributed by atoms with Crippen LogP contribution in [-0.4, -0.2) is 48.1 Å². The Labute approximate surface area is 115 Å². The molecule has 0 unspecified atom stereocenters. The number of aliphatic carboxylic acids is 1. The van der Waals surface area contributed by atoms with Crippen LogP contribution in [0.4, 0.5) is 0 Å². The lowest BCUT2D eigenvalue weighted by Gasteiger charge is -2.23. The third-order valence-electron chi connectivity index (χ3n) is 3.62. The average molecular weight is 270 g/mol. The summed E-state index contributed by atoms with van der Waals surface area (Å²) in [5, 5.41) is 11.6. The van der Waals surface area contributed by atoms with Gasteiger partial charge in [-0.25, -0.2) is 0 Å². The van der Waals surface area contributed by atoms with E-state index in [1.807, 2.05) is 11.9 Å². The van der Waals surface area contributed by atoms with E-state index >= 15 is 0 Å². The number of rotatable bonds is 8. The van der Waals surface area contributed by atoms with Gasteiger partial charge in [0.05, 0.1) is 0 Å². The minimum atomic E-state index is -0.761. The first kappa shape index (κ1) is 16.0. The van der Waals surface area contributed by atoms with E-state index in [4.69, 9.17) is 5.11 Å². The summed E-state index contributed by atoms with van der Waals surface area (Å²) in [6.07, 6.45) is 7.29. The number of nitrogens with zero attached hydrogens (tertiary/aromatic N) is 1. The van der Waals surface area contributed by atoms with Crippen molar-refractivity contribution in [2.75, 3.05) is 20.1 Å². The zero-order valence-electron chi connectivity index (χ0n) is 11.9. The molecule has 0 saturated heterocycles. The number of hydrogen-bond donors (Lipinski definition) is 2. The lowest BCUT2D eigenvalue weighted by atomic mass is 9.95. The van der Waals surface area contributed by atoms with Crippen molar-refractivity contribution in [2.45, 2.75) is 57.4 Å². The molecule has 2 N–H and O–H groups in total. The topological polar surface area (TPSA) is 69.6 Å². The molecule has 1 aliphatic rings. The standard InChI is InChI=1S/C14H26N2O3/c1-16(10-5-8-14(18)19)11-9-13(17)15-12-6-3-2-4-7-12/h12H,2-11H2,1H3,(H,15,17)(H,18,19).